The minimum Gasteiger partial charge on any atom is -0.309 e. The third kappa shape index (κ3) is 4.92. The van der Waals surface area contributed by atoms with Crippen molar-refractivity contribution in [1.29, 1.82) is 5.26 Å². The molecule has 6 nitrogen and oxygen atoms in total. The molecule has 0 aliphatic heterocycles. The first-order chi connectivity index (χ1) is 29.2. The maximum atomic E-state index is 10.7. The fourth-order valence-electron chi connectivity index (χ4n) is 9.31. The Bertz CT molecular complexity index is 3370. The molecule has 59 heavy (non-hydrogen) atoms. The van der Waals surface area contributed by atoms with Gasteiger partial charge < -0.3 is 13.7 Å². The largest absolute Gasteiger partial charge is 0.309 e. The van der Waals surface area contributed by atoms with Crippen LogP contribution in [0.1, 0.15) is 5.56 Å². The number of aromatic nitrogens is 5. The lowest BCUT2D eigenvalue weighted by Gasteiger charge is -2.20. The van der Waals surface area contributed by atoms with Crippen LogP contribution in [0.4, 0.5) is 0 Å². The second-order valence-corrected chi connectivity index (χ2v) is 14.9. The summed E-state index contributed by atoms with van der Waals surface area (Å²) in [7, 11) is 0. The summed E-state index contributed by atoms with van der Waals surface area (Å²) >= 11 is 0. The molecule has 0 N–H and O–H groups in total. The zero-order chi connectivity index (χ0) is 39.0. The van der Waals surface area contributed by atoms with E-state index in [2.05, 4.69) is 190 Å². The predicted octanol–water partition coefficient (Wildman–Crippen LogP) is 13.0. The number of hydrogen-bond acceptors (Lipinski definition) is 3. The van der Waals surface area contributed by atoms with E-state index in [0.717, 1.165) is 83.4 Å². The molecule has 0 amide bonds. The molecule has 5 aromatic heterocycles. The lowest BCUT2D eigenvalue weighted by atomic mass is 9.96. The summed E-state index contributed by atoms with van der Waals surface area (Å²) in [6.45, 7) is 0. The van der Waals surface area contributed by atoms with Crippen molar-refractivity contribution >= 4 is 65.4 Å². The molecule has 0 bridgehead atoms. The lowest BCUT2D eigenvalue weighted by molar-refractivity contribution is 1.13. The summed E-state index contributed by atoms with van der Waals surface area (Å²) < 4.78 is 6.95. The molecule has 274 valence electrons. The van der Waals surface area contributed by atoms with Crippen LogP contribution in [0.15, 0.2) is 194 Å². The average Bonchev–Trinajstić information content (AvgIpc) is 3.95. The molecule has 12 rings (SSSR count). The van der Waals surface area contributed by atoms with Crippen molar-refractivity contribution in [1.82, 2.24) is 23.7 Å². The van der Waals surface area contributed by atoms with Crippen molar-refractivity contribution in [3.05, 3.63) is 200 Å². The van der Waals surface area contributed by atoms with Crippen LogP contribution in [0.5, 0.6) is 0 Å². The first-order valence-corrected chi connectivity index (χ1v) is 19.7. The summed E-state index contributed by atoms with van der Waals surface area (Å²) in [5, 5.41) is 17.8. The first-order valence-electron chi connectivity index (χ1n) is 19.7. The SMILES string of the molecule is N#Cc1cc(-c2cc(-n3c4ccccc4c4ccccc43)ccn2)c(-n2c3ccccc3c3ccccc32)c(-c2cc(-n3c4ccccc4c4ccccc43)ccn2)c1. The summed E-state index contributed by atoms with van der Waals surface area (Å²) in [4.78, 5) is 10.2. The van der Waals surface area contributed by atoms with Gasteiger partial charge >= 0.3 is 0 Å². The van der Waals surface area contributed by atoms with Gasteiger partial charge in [-0.2, -0.15) is 5.26 Å². The van der Waals surface area contributed by atoms with E-state index in [9.17, 15) is 5.26 Å². The van der Waals surface area contributed by atoms with Crippen molar-refractivity contribution < 1.29 is 0 Å². The second kappa shape index (κ2) is 12.9. The summed E-state index contributed by atoms with van der Waals surface area (Å²) in [6.07, 6.45) is 3.76. The number of pyridine rings is 2. The number of hydrogen-bond donors (Lipinski definition) is 0. The van der Waals surface area contributed by atoms with Crippen LogP contribution >= 0.6 is 0 Å². The van der Waals surface area contributed by atoms with E-state index in [1.54, 1.807) is 0 Å². The minimum absolute atomic E-state index is 0.521. The van der Waals surface area contributed by atoms with Gasteiger partial charge in [-0.15, -0.1) is 0 Å². The van der Waals surface area contributed by atoms with Gasteiger partial charge in [-0.05, 0) is 72.8 Å². The number of benzene rings is 7. The standard InChI is InChI=1S/C53H32N6/c54-33-34-29-43(45-31-35(25-27-55-45)57-47-19-7-1-13-37(47)38-14-2-8-20-48(38)57)53(59-51-23-11-5-17-41(51)42-18-6-12-24-52(42)59)44(30-34)46-32-36(26-28-56-46)58-49-21-9-3-15-39(49)40-16-4-10-22-50(40)58/h1-32H. The van der Waals surface area contributed by atoms with E-state index in [0.29, 0.717) is 5.56 Å². The molecule has 0 saturated heterocycles. The number of fused-ring (bicyclic) bond motifs is 9. The topological polar surface area (TPSA) is 64.4 Å². The van der Waals surface area contributed by atoms with Crippen molar-refractivity contribution in [2.45, 2.75) is 0 Å². The predicted molar refractivity (Wildman–Crippen MR) is 241 cm³/mol. The molecule has 0 unspecified atom stereocenters. The molecular weight excluding hydrogens is 721 g/mol. The highest BCUT2D eigenvalue weighted by Gasteiger charge is 2.24. The Kier molecular flexibility index (Phi) is 7.19. The molecule has 12 aromatic rings. The lowest BCUT2D eigenvalue weighted by Crippen LogP contribution is -2.04. The van der Waals surface area contributed by atoms with Gasteiger partial charge in [0.1, 0.15) is 0 Å². The Morgan fingerprint density at radius 2 is 0.661 bits per heavy atom. The van der Waals surface area contributed by atoms with Crippen molar-refractivity contribution in [2.75, 3.05) is 0 Å². The van der Waals surface area contributed by atoms with Gasteiger partial charge in [0.2, 0.25) is 0 Å². The van der Waals surface area contributed by atoms with E-state index in [4.69, 9.17) is 9.97 Å². The number of rotatable bonds is 5. The number of nitriles is 1. The molecule has 0 spiro atoms. The van der Waals surface area contributed by atoms with Crippen LogP contribution in [-0.4, -0.2) is 23.7 Å². The summed E-state index contributed by atoms with van der Waals surface area (Å²) in [5.41, 5.74) is 13.1. The molecule has 0 fully saturated rings. The average molecular weight is 753 g/mol. The molecule has 0 saturated carbocycles. The van der Waals surface area contributed by atoms with Crippen molar-refractivity contribution in [3.8, 4) is 45.6 Å². The Hall–Kier alpha value is -8.27. The number of para-hydroxylation sites is 6. The van der Waals surface area contributed by atoms with Crippen LogP contribution in [0, 0.1) is 11.3 Å². The first kappa shape index (κ1) is 32.9. The maximum absolute atomic E-state index is 10.7. The fraction of sp³-hybridized carbons (Fsp3) is 0. The Morgan fingerprint density at radius 1 is 0.356 bits per heavy atom. The smallest absolute Gasteiger partial charge is 0.0992 e. The van der Waals surface area contributed by atoms with Gasteiger partial charge in [-0.3, -0.25) is 9.97 Å². The zero-order valence-corrected chi connectivity index (χ0v) is 31.7. The normalized spacial score (nSPS) is 11.7. The number of nitrogens with zero attached hydrogens (tertiary/aromatic N) is 6. The highest BCUT2D eigenvalue weighted by atomic mass is 15.0. The summed E-state index contributed by atoms with van der Waals surface area (Å²) in [6, 6.07) is 66.1. The van der Waals surface area contributed by atoms with Gasteiger partial charge in [-0.1, -0.05) is 109 Å². The highest BCUT2D eigenvalue weighted by Crippen LogP contribution is 2.43. The Balaban J connectivity index is 1.17. The molecule has 5 heterocycles. The Morgan fingerprint density at radius 3 is 0.983 bits per heavy atom. The van der Waals surface area contributed by atoms with E-state index < -0.39 is 0 Å². The molecule has 6 heteroatoms. The van der Waals surface area contributed by atoms with Gasteiger partial charge in [-0.25, -0.2) is 0 Å². The molecule has 0 atom stereocenters. The molecule has 0 aliphatic rings. The van der Waals surface area contributed by atoms with Gasteiger partial charge in [0.25, 0.3) is 0 Å². The zero-order valence-electron chi connectivity index (χ0n) is 31.7. The van der Waals surface area contributed by atoms with Crippen LogP contribution < -0.4 is 0 Å². The van der Waals surface area contributed by atoms with Crippen LogP contribution in [0.3, 0.4) is 0 Å². The van der Waals surface area contributed by atoms with Crippen molar-refractivity contribution in [3.63, 3.8) is 0 Å². The van der Waals surface area contributed by atoms with E-state index in [1.165, 1.54) is 21.5 Å². The van der Waals surface area contributed by atoms with Gasteiger partial charge in [0, 0.05) is 67.2 Å². The van der Waals surface area contributed by atoms with Crippen LogP contribution in [-0.2, 0) is 0 Å². The second-order valence-electron chi connectivity index (χ2n) is 14.9. The maximum Gasteiger partial charge on any atom is 0.0992 e. The van der Waals surface area contributed by atoms with Crippen LogP contribution in [0.2, 0.25) is 0 Å². The van der Waals surface area contributed by atoms with E-state index in [-0.39, 0.29) is 0 Å². The Labute approximate surface area is 338 Å². The van der Waals surface area contributed by atoms with E-state index in [1.807, 2.05) is 24.5 Å². The monoisotopic (exact) mass is 752 g/mol. The van der Waals surface area contributed by atoms with E-state index >= 15 is 0 Å². The van der Waals surface area contributed by atoms with Gasteiger partial charge in [0.05, 0.1) is 61.8 Å². The third-order valence-electron chi connectivity index (χ3n) is 11.8. The molecular formula is C53H32N6. The quantitative estimate of drug-likeness (QED) is 0.176. The third-order valence-corrected chi connectivity index (χ3v) is 11.8. The summed E-state index contributed by atoms with van der Waals surface area (Å²) in [5.74, 6) is 0. The highest BCUT2D eigenvalue weighted by molar-refractivity contribution is 6.12. The molecule has 0 aliphatic carbocycles. The molecule has 0 radical (unpaired) electrons. The van der Waals surface area contributed by atoms with Gasteiger partial charge in [0.15, 0.2) is 0 Å². The van der Waals surface area contributed by atoms with Crippen LogP contribution in [0.25, 0.3) is 105 Å². The molecule has 7 aromatic carbocycles. The van der Waals surface area contributed by atoms with Crippen molar-refractivity contribution in [2.24, 2.45) is 0 Å². The minimum atomic E-state index is 0.521. The fourth-order valence-corrected chi connectivity index (χ4v) is 9.31.